The first kappa shape index (κ1) is 14.7. The lowest BCUT2D eigenvalue weighted by Crippen LogP contribution is -2.25. The van der Waals surface area contributed by atoms with Gasteiger partial charge in [-0.2, -0.15) is 0 Å². The summed E-state index contributed by atoms with van der Waals surface area (Å²) in [5, 5.41) is 8.54. The van der Waals surface area contributed by atoms with Gasteiger partial charge in [0.1, 0.15) is 6.61 Å². The van der Waals surface area contributed by atoms with E-state index in [1.807, 2.05) is 18.2 Å². The van der Waals surface area contributed by atoms with Crippen molar-refractivity contribution in [2.75, 3.05) is 13.2 Å². The molecule has 0 unspecified atom stereocenters. The highest BCUT2D eigenvalue weighted by Gasteiger charge is 2.17. The molecule has 0 aliphatic carbocycles. The number of carbonyl (C=O) groups is 1. The summed E-state index contributed by atoms with van der Waals surface area (Å²) in [6.45, 7) is 4.29. The van der Waals surface area contributed by atoms with E-state index in [0.717, 1.165) is 6.04 Å². The average Bonchev–Trinajstić information content (AvgIpc) is 2.37. The Kier molecular flexibility index (Phi) is 5.81. The van der Waals surface area contributed by atoms with Crippen molar-refractivity contribution in [3.63, 3.8) is 0 Å². The maximum atomic E-state index is 10.8. The fourth-order valence-electron chi connectivity index (χ4n) is 1.44. The first-order valence-electron chi connectivity index (χ1n) is 6.04. The van der Waals surface area contributed by atoms with E-state index in [9.17, 15) is 4.79 Å². The van der Waals surface area contributed by atoms with Crippen LogP contribution in [0.25, 0.3) is 6.08 Å². The van der Waals surface area contributed by atoms with Crippen molar-refractivity contribution < 1.29 is 14.6 Å². The van der Waals surface area contributed by atoms with Crippen LogP contribution >= 0.6 is 0 Å². The number of aliphatic hydroxyl groups excluding tert-OH is 1. The smallest absolute Gasteiger partial charge is 0.331 e. The molecule has 0 aromatic heterocycles. The first-order chi connectivity index (χ1) is 8.53. The molecule has 0 fully saturated rings. The van der Waals surface area contributed by atoms with Gasteiger partial charge in [-0.15, -0.1) is 0 Å². The van der Waals surface area contributed by atoms with Crippen molar-refractivity contribution >= 4 is 20.1 Å². The monoisotopic (exact) mass is 264 g/mol. The van der Waals surface area contributed by atoms with Crippen molar-refractivity contribution in [2.45, 2.75) is 19.1 Å². The molecule has 0 aliphatic heterocycles. The standard InChI is InChI=1S/C14H20O3Si/c1-18(2,11-9-17-14(16)12-15)10-8-13-6-4-3-5-7-13/h3-8,10,15H,9,11-12H2,1-2H3. The highest BCUT2D eigenvalue weighted by atomic mass is 28.3. The molecular formula is C14H20O3Si. The van der Waals surface area contributed by atoms with Crippen LogP contribution in [0, 0.1) is 0 Å². The average molecular weight is 264 g/mol. The van der Waals surface area contributed by atoms with E-state index in [0.29, 0.717) is 6.61 Å². The lowest BCUT2D eigenvalue weighted by Gasteiger charge is -2.17. The van der Waals surface area contributed by atoms with E-state index in [1.165, 1.54) is 5.56 Å². The summed E-state index contributed by atoms with van der Waals surface area (Å²) in [4.78, 5) is 10.8. The van der Waals surface area contributed by atoms with Crippen LogP contribution in [0.3, 0.4) is 0 Å². The molecule has 0 atom stereocenters. The zero-order chi connectivity index (χ0) is 13.4. The molecule has 0 saturated carbocycles. The number of aliphatic hydroxyl groups is 1. The molecule has 0 saturated heterocycles. The molecule has 0 aliphatic rings. The number of ether oxygens (including phenoxy) is 1. The summed E-state index contributed by atoms with van der Waals surface area (Å²) < 4.78 is 4.89. The molecule has 0 radical (unpaired) electrons. The third-order valence-electron chi connectivity index (χ3n) is 2.67. The van der Waals surface area contributed by atoms with E-state index >= 15 is 0 Å². The Hall–Kier alpha value is -1.39. The van der Waals surface area contributed by atoms with Crippen LogP contribution < -0.4 is 0 Å². The van der Waals surface area contributed by atoms with Crippen molar-refractivity contribution in [1.29, 1.82) is 0 Å². The number of benzene rings is 1. The number of hydrogen-bond donors (Lipinski definition) is 1. The van der Waals surface area contributed by atoms with Crippen molar-refractivity contribution in [3.8, 4) is 0 Å². The highest BCUT2D eigenvalue weighted by molar-refractivity contribution is 6.82. The summed E-state index contributed by atoms with van der Waals surface area (Å²) in [7, 11) is -1.51. The van der Waals surface area contributed by atoms with Gasteiger partial charge < -0.3 is 9.84 Å². The van der Waals surface area contributed by atoms with Gasteiger partial charge in [0.25, 0.3) is 0 Å². The number of carbonyl (C=O) groups excluding carboxylic acids is 1. The second-order valence-electron chi connectivity index (χ2n) is 4.86. The second-order valence-corrected chi connectivity index (χ2v) is 9.67. The van der Waals surface area contributed by atoms with Crippen LogP contribution in [0.2, 0.25) is 19.1 Å². The Labute approximate surface area is 109 Å². The van der Waals surface area contributed by atoms with Crippen LogP contribution in [0.4, 0.5) is 0 Å². The molecular weight excluding hydrogens is 244 g/mol. The zero-order valence-corrected chi connectivity index (χ0v) is 11.9. The van der Waals surface area contributed by atoms with Gasteiger partial charge in [-0.05, 0) is 11.6 Å². The van der Waals surface area contributed by atoms with Gasteiger partial charge in [0.2, 0.25) is 0 Å². The normalized spacial score (nSPS) is 11.7. The van der Waals surface area contributed by atoms with Gasteiger partial charge in [-0.3, -0.25) is 0 Å². The molecule has 98 valence electrons. The summed E-state index contributed by atoms with van der Waals surface area (Å²) in [5.41, 5.74) is 3.43. The lowest BCUT2D eigenvalue weighted by atomic mass is 10.2. The van der Waals surface area contributed by atoms with E-state index in [4.69, 9.17) is 9.84 Å². The molecule has 3 nitrogen and oxygen atoms in total. The Morgan fingerprint density at radius 2 is 2.00 bits per heavy atom. The third-order valence-corrected chi connectivity index (χ3v) is 5.23. The van der Waals surface area contributed by atoms with Crippen molar-refractivity contribution in [3.05, 3.63) is 41.6 Å². The minimum absolute atomic E-state index is 0.387. The first-order valence-corrected chi connectivity index (χ1v) is 9.33. The quantitative estimate of drug-likeness (QED) is 0.634. The second kappa shape index (κ2) is 7.13. The molecule has 0 spiro atoms. The fourth-order valence-corrected chi connectivity index (χ4v) is 2.88. The molecule has 4 heteroatoms. The van der Waals surface area contributed by atoms with E-state index in [1.54, 1.807) is 0 Å². The van der Waals surface area contributed by atoms with Gasteiger partial charge in [0.05, 0.1) is 14.7 Å². The fraction of sp³-hybridized carbons (Fsp3) is 0.357. The summed E-state index contributed by atoms with van der Waals surface area (Å²) in [6, 6.07) is 11.0. The maximum Gasteiger partial charge on any atom is 0.331 e. The lowest BCUT2D eigenvalue weighted by molar-refractivity contribution is -0.146. The summed E-state index contributed by atoms with van der Waals surface area (Å²) >= 11 is 0. The van der Waals surface area contributed by atoms with Gasteiger partial charge in [-0.25, -0.2) is 4.79 Å². The van der Waals surface area contributed by atoms with Crippen molar-refractivity contribution in [2.24, 2.45) is 0 Å². The minimum atomic E-state index is -1.51. The largest absolute Gasteiger partial charge is 0.464 e. The molecule has 1 aromatic rings. The van der Waals surface area contributed by atoms with Crippen LogP contribution in [0.1, 0.15) is 5.56 Å². The topological polar surface area (TPSA) is 46.5 Å². The van der Waals surface area contributed by atoms with Crippen molar-refractivity contribution in [1.82, 2.24) is 0 Å². The number of rotatable bonds is 6. The van der Waals surface area contributed by atoms with Gasteiger partial charge in [0.15, 0.2) is 0 Å². The molecule has 0 bridgehead atoms. The SMILES string of the molecule is C[Si](C)(C=Cc1ccccc1)CCOC(=O)CO. The van der Waals surface area contributed by atoms with E-state index in [-0.39, 0.29) is 0 Å². The summed E-state index contributed by atoms with van der Waals surface area (Å²) in [5.74, 6) is -0.549. The third kappa shape index (κ3) is 5.79. The van der Waals surface area contributed by atoms with Crippen LogP contribution in [-0.4, -0.2) is 32.4 Å². The molecule has 1 rings (SSSR count). The van der Waals surface area contributed by atoms with E-state index < -0.39 is 20.7 Å². The summed E-state index contributed by atoms with van der Waals surface area (Å²) in [6.07, 6.45) is 2.13. The Bertz CT molecular complexity index is 399. The minimum Gasteiger partial charge on any atom is -0.464 e. The molecule has 0 heterocycles. The molecule has 18 heavy (non-hydrogen) atoms. The van der Waals surface area contributed by atoms with Crippen LogP contribution in [0.15, 0.2) is 36.0 Å². The van der Waals surface area contributed by atoms with Gasteiger partial charge >= 0.3 is 5.97 Å². The Morgan fingerprint density at radius 3 is 2.61 bits per heavy atom. The zero-order valence-electron chi connectivity index (χ0n) is 10.9. The van der Waals surface area contributed by atoms with Gasteiger partial charge in [-0.1, -0.05) is 55.2 Å². The maximum absolute atomic E-state index is 10.8. The van der Waals surface area contributed by atoms with Crippen LogP contribution in [-0.2, 0) is 9.53 Å². The Balaban J connectivity index is 2.44. The van der Waals surface area contributed by atoms with Gasteiger partial charge in [0, 0.05) is 0 Å². The molecule has 0 amide bonds. The number of esters is 1. The van der Waals surface area contributed by atoms with E-state index in [2.05, 4.69) is 37.0 Å². The predicted octanol–water partition coefficient (Wildman–Crippen LogP) is 2.48. The predicted molar refractivity (Wildman–Crippen MR) is 75.8 cm³/mol. The molecule has 1 N–H and O–H groups in total. The van der Waals surface area contributed by atoms with Crippen LogP contribution in [0.5, 0.6) is 0 Å². The Morgan fingerprint density at radius 1 is 1.33 bits per heavy atom. The highest BCUT2D eigenvalue weighted by Crippen LogP contribution is 2.13. The number of hydrogen-bond acceptors (Lipinski definition) is 3. The molecule has 1 aromatic carbocycles.